The Bertz CT molecular complexity index is 360. The molecular weight excluding hydrogens is 230 g/mol. The van der Waals surface area contributed by atoms with Crippen LogP contribution in [0.3, 0.4) is 0 Å². The molecule has 0 N–H and O–H groups in total. The minimum absolute atomic E-state index is 0.255. The number of nitrogens with zero attached hydrogens (tertiary/aromatic N) is 1. The Labute approximate surface area is 107 Å². The Balaban J connectivity index is 1.80. The molecule has 1 aliphatic rings. The molecule has 0 aliphatic heterocycles. The van der Waals surface area contributed by atoms with E-state index in [1.807, 2.05) is 42.3 Å². The van der Waals surface area contributed by atoms with Crippen molar-refractivity contribution >= 4 is 17.7 Å². The summed E-state index contributed by atoms with van der Waals surface area (Å²) in [4.78, 5) is 15.1. The highest BCUT2D eigenvalue weighted by molar-refractivity contribution is 8.00. The van der Waals surface area contributed by atoms with Gasteiger partial charge in [0.25, 0.3) is 0 Å². The van der Waals surface area contributed by atoms with Gasteiger partial charge < -0.3 is 4.90 Å². The molecule has 0 aromatic heterocycles. The second-order valence-electron chi connectivity index (χ2n) is 4.54. The van der Waals surface area contributed by atoms with Crippen LogP contribution in [0.15, 0.2) is 35.2 Å². The summed E-state index contributed by atoms with van der Waals surface area (Å²) < 4.78 is 0. The highest BCUT2D eigenvalue weighted by Gasteiger charge is 2.22. The van der Waals surface area contributed by atoms with Gasteiger partial charge in [0.15, 0.2) is 0 Å². The van der Waals surface area contributed by atoms with Gasteiger partial charge in [0.1, 0.15) is 0 Å². The molecule has 17 heavy (non-hydrogen) atoms. The van der Waals surface area contributed by atoms with E-state index in [4.69, 9.17) is 0 Å². The van der Waals surface area contributed by atoms with Crippen LogP contribution in [0.1, 0.15) is 25.7 Å². The number of carbonyl (C=O) groups is 1. The fourth-order valence-corrected chi connectivity index (χ4v) is 3.10. The van der Waals surface area contributed by atoms with E-state index in [9.17, 15) is 4.79 Å². The quantitative estimate of drug-likeness (QED) is 0.764. The molecule has 92 valence electrons. The standard InChI is InChI=1S/C14H19NOS/c1-15(12-7-5-6-8-12)14(16)11-17-13-9-3-2-4-10-13/h2-4,9-10,12H,5-8,11H2,1H3. The molecule has 1 amide bonds. The van der Waals surface area contributed by atoms with Gasteiger partial charge in [-0.1, -0.05) is 31.0 Å². The molecule has 1 saturated carbocycles. The molecule has 2 rings (SSSR count). The third-order valence-electron chi connectivity index (χ3n) is 3.37. The van der Waals surface area contributed by atoms with E-state index >= 15 is 0 Å². The van der Waals surface area contributed by atoms with Crippen LogP contribution in [0.25, 0.3) is 0 Å². The summed E-state index contributed by atoms with van der Waals surface area (Å²) in [6.07, 6.45) is 4.90. The molecule has 0 unspecified atom stereocenters. The summed E-state index contributed by atoms with van der Waals surface area (Å²) in [5.74, 6) is 0.808. The molecule has 0 bridgehead atoms. The maximum Gasteiger partial charge on any atom is 0.232 e. The molecule has 0 heterocycles. The van der Waals surface area contributed by atoms with Gasteiger partial charge in [-0.15, -0.1) is 11.8 Å². The molecular formula is C14H19NOS. The van der Waals surface area contributed by atoms with Crippen molar-refractivity contribution in [1.82, 2.24) is 4.90 Å². The summed E-state index contributed by atoms with van der Waals surface area (Å²) >= 11 is 1.62. The van der Waals surface area contributed by atoms with E-state index in [-0.39, 0.29) is 5.91 Å². The third-order valence-corrected chi connectivity index (χ3v) is 4.37. The van der Waals surface area contributed by atoms with Crippen molar-refractivity contribution in [1.29, 1.82) is 0 Å². The zero-order chi connectivity index (χ0) is 12.1. The Kier molecular flexibility index (Phi) is 4.49. The smallest absolute Gasteiger partial charge is 0.232 e. The molecule has 3 heteroatoms. The van der Waals surface area contributed by atoms with Crippen LogP contribution in [0, 0.1) is 0 Å². The lowest BCUT2D eigenvalue weighted by Crippen LogP contribution is -2.36. The molecule has 0 spiro atoms. The SMILES string of the molecule is CN(C(=O)CSc1ccccc1)C1CCCC1. The lowest BCUT2D eigenvalue weighted by molar-refractivity contribution is -0.129. The van der Waals surface area contributed by atoms with Crippen LogP contribution < -0.4 is 0 Å². The molecule has 0 atom stereocenters. The van der Waals surface area contributed by atoms with E-state index in [0.717, 1.165) is 0 Å². The van der Waals surface area contributed by atoms with Gasteiger partial charge in [-0.3, -0.25) is 4.79 Å². The van der Waals surface area contributed by atoms with Gasteiger partial charge in [0, 0.05) is 18.0 Å². The fraction of sp³-hybridized carbons (Fsp3) is 0.500. The Morgan fingerprint density at radius 3 is 2.59 bits per heavy atom. The summed E-state index contributed by atoms with van der Waals surface area (Å²) in [5.41, 5.74) is 0. The highest BCUT2D eigenvalue weighted by Crippen LogP contribution is 2.24. The summed E-state index contributed by atoms with van der Waals surface area (Å²) in [7, 11) is 1.95. The number of carbonyl (C=O) groups excluding carboxylic acids is 1. The molecule has 0 saturated heterocycles. The molecule has 0 radical (unpaired) electrons. The Morgan fingerprint density at radius 2 is 1.94 bits per heavy atom. The normalized spacial score (nSPS) is 16.1. The topological polar surface area (TPSA) is 20.3 Å². The van der Waals surface area contributed by atoms with Crippen molar-refractivity contribution in [3.8, 4) is 0 Å². The largest absolute Gasteiger partial charge is 0.342 e. The van der Waals surface area contributed by atoms with Crippen molar-refractivity contribution in [3.05, 3.63) is 30.3 Å². The lowest BCUT2D eigenvalue weighted by Gasteiger charge is -2.24. The van der Waals surface area contributed by atoms with E-state index in [2.05, 4.69) is 0 Å². The van der Waals surface area contributed by atoms with Gasteiger partial charge in [-0.05, 0) is 25.0 Å². The second kappa shape index (κ2) is 6.10. The zero-order valence-corrected chi connectivity index (χ0v) is 11.1. The third kappa shape index (κ3) is 3.50. The minimum Gasteiger partial charge on any atom is -0.342 e. The van der Waals surface area contributed by atoms with Gasteiger partial charge in [0.05, 0.1) is 5.75 Å². The van der Waals surface area contributed by atoms with E-state index < -0.39 is 0 Å². The number of rotatable bonds is 4. The molecule has 1 aromatic carbocycles. The van der Waals surface area contributed by atoms with Crippen molar-refractivity contribution in [2.75, 3.05) is 12.8 Å². The number of thioether (sulfide) groups is 1. The Morgan fingerprint density at radius 1 is 1.29 bits per heavy atom. The van der Waals surface area contributed by atoms with Crippen LogP contribution in [-0.2, 0) is 4.79 Å². The van der Waals surface area contributed by atoms with Gasteiger partial charge in [0.2, 0.25) is 5.91 Å². The predicted molar refractivity (Wildman–Crippen MR) is 72.2 cm³/mol. The van der Waals surface area contributed by atoms with Crippen LogP contribution in [0.4, 0.5) is 0 Å². The van der Waals surface area contributed by atoms with Gasteiger partial charge in [-0.25, -0.2) is 0 Å². The lowest BCUT2D eigenvalue weighted by atomic mass is 10.2. The van der Waals surface area contributed by atoms with Crippen LogP contribution in [0.2, 0.25) is 0 Å². The van der Waals surface area contributed by atoms with Gasteiger partial charge in [-0.2, -0.15) is 0 Å². The first-order chi connectivity index (χ1) is 8.27. The van der Waals surface area contributed by atoms with E-state index in [0.29, 0.717) is 11.8 Å². The average Bonchev–Trinajstić information content (AvgIpc) is 2.90. The first-order valence-corrected chi connectivity index (χ1v) is 7.19. The van der Waals surface area contributed by atoms with Crippen molar-refractivity contribution in [2.45, 2.75) is 36.6 Å². The maximum atomic E-state index is 12.0. The molecule has 1 aromatic rings. The van der Waals surface area contributed by atoms with Crippen LogP contribution in [-0.4, -0.2) is 29.6 Å². The summed E-state index contributed by atoms with van der Waals surface area (Å²) in [5, 5.41) is 0. The first-order valence-electron chi connectivity index (χ1n) is 6.21. The molecule has 1 aliphatic carbocycles. The number of amides is 1. The number of hydrogen-bond acceptors (Lipinski definition) is 2. The summed E-state index contributed by atoms with van der Waals surface area (Å²) in [6.45, 7) is 0. The summed E-state index contributed by atoms with van der Waals surface area (Å²) in [6, 6.07) is 10.6. The highest BCUT2D eigenvalue weighted by atomic mass is 32.2. The van der Waals surface area contributed by atoms with Crippen molar-refractivity contribution in [3.63, 3.8) is 0 Å². The van der Waals surface area contributed by atoms with Crippen LogP contribution >= 0.6 is 11.8 Å². The second-order valence-corrected chi connectivity index (χ2v) is 5.59. The number of benzene rings is 1. The number of hydrogen-bond donors (Lipinski definition) is 0. The van der Waals surface area contributed by atoms with Crippen molar-refractivity contribution in [2.24, 2.45) is 0 Å². The van der Waals surface area contributed by atoms with Crippen LogP contribution in [0.5, 0.6) is 0 Å². The molecule has 1 fully saturated rings. The van der Waals surface area contributed by atoms with E-state index in [1.54, 1.807) is 11.8 Å². The maximum absolute atomic E-state index is 12.0. The fourth-order valence-electron chi connectivity index (χ4n) is 2.26. The minimum atomic E-state index is 0.255. The first kappa shape index (κ1) is 12.5. The monoisotopic (exact) mass is 249 g/mol. The zero-order valence-electron chi connectivity index (χ0n) is 10.3. The van der Waals surface area contributed by atoms with Crippen molar-refractivity contribution < 1.29 is 4.79 Å². The van der Waals surface area contributed by atoms with Gasteiger partial charge >= 0.3 is 0 Å². The van der Waals surface area contributed by atoms with E-state index in [1.165, 1.54) is 30.6 Å². The average molecular weight is 249 g/mol. The Hall–Kier alpha value is -0.960. The predicted octanol–water partition coefficient (Wildman–Crippen LogP) is 3.18. The molecule has 2 nitrogen and oxygen atoms in total.